The summed E-state index contributed by atoms with van der Waals surface area (Å²) in [5, 5.41) is 9.87. The fourth-order valence-corrected chi connectivity index (χ4v) is 1.08. The number of pyridine rings is 1. The summed E-state index contributed by atoms with van der Waals surface area (Å²) in [6.07, 6.45) is 3.20. The molecule has 0 spiro atoms. The van der Waals surface area contributed by atoms with Crippen molar-refractivity contribution in [2.75, 3.05) is 13.2 Å². The number of aromatic nitrogens is 1. The van der Waals surface area contributed by atoms with Gasteiger partial charge in [-0.05, 0) is 19.9 Å². The van der Waals surface area contributed by atoms with Crippen LogP contribution >= 0.6 is 0 Å². The third kappa shape index (κ3) is 2.43. The van der Waals surface area contributed by atoms with Crippen LogP contribution in [0, 0.1) is 0 Å². The molecule has 0 bridgehead atoms. The van der Waals surface area contributed by atoms with Crippen LogP contribution in [0.1, 0.15) is 19.4 Å². The smallest absolute Gasteiger partial charge is 0.137 e. The zero-order valence-corrected chi connectivity index (χ0v) is 8.53. The van der Waals surface area contributed by atoms with E-state index in [9.17, 15) is 5.11 Å². The molecule has 4 nitrogen and oxygen atoms in total. The first kappa shape index (κ1) is 10.9. The average Bonchev–Trinajstić information content (AvgIpc) is 2.19. The Balaban J connectivity index is 2.93. The summed E-state index contributed by atoms with van der Waals surface area (Å²) in [5.74, 6) is 0.652. The molecule has 1 heterocycles. The fraction of sp³-hybridized carbons (Fsp3) is 0.500. The maximum atomic E-state index is 9.87. The molecule has 1 aromatic heterocycles. The number of hydrogen-bond donors (Lipinski definition) is 2. The molecule has 0 aromatic carbocycles. The highest BCUT2D eigenvalue weighted by molar-refractivity contribution is 5.27. The van der Waals surface area contributed by atoms with E-state index >= 15 is 0 Å². The van der Waals surface area contributed by atoms with Crippen molar-refractivity contribution in [2.45, 2.75) is 19.4 Å². The molecule has 1 atom stereocenters. The van der Waals surface area contributed by atoms with Gasteiger partial charge in [0.15, 0.2) is 0 Å². The van der Waals surface area contributed by atoms with Gasteiger partial charge < -0.3 is 15.6 Å². The number of rotatable bonds is 4. The summed E-state index contributed by atoms with van der Waals surface area (Å²) in [5.41, 5.74) is 5.07. The summed E-state index contributed by atoms with van der Waals surface area (Å²) < 4.78 is 5.27. The van der Waals surface area contributed by atoms with Crippen molar-refractivity contribution in [3.8, 4) is 5.75 Å². The highest BCUT2D eigenvalue weighted by Gasteiger charge is 2.21. The van der Waals surface area contributed by atoms with E-state index in [1.165, 1.54) is 0 Å². The Morgan fingerprint density at radius 3 is 2.86 bits per heavy atom. The molecule has 0 amide bonds. The van der Waals surface area contributed by atoms with E-state index in [-0.39, 0.29) is 6.54 Å². The second-order valence-electron chi connectivity index (χ2n) is 3.32. The van der Waals surface area contributed by atoms with E-state index in [1.54, 1.807) is 25.4 Å². The van der Waals surface area contributed by atoms with E-state index in [2.05, 4.69) is 4.98 Å². The maximum absolute atomic E-state index is 9.87. The van der Waals surface area contributed by atoms with Crippen LogP contribution in [0.15, 0.2) is 18.5 Å². The standard InChI is InChI=1S/C10H16N2O2/c1-3-14-9-4-8(5-12-6-9)10(2,13)7-11/h4-6,13H,3,7,11H2,1-2H3. The topological polar surface area (TPSA) is 68.4 Å². The summed E-state index contributed by atoms with van der Waals surface area (Å²) in [4.78, 5) is 3.98. The van der Waals surface area contributed by atoms with Gasteiger partial charge in [0, 0.05) is 18.3 Å². The van der Waals surface area contributed by atoms with Crippen molar-refractivity contribution in [2.24, 2.45) is 5.73 Å². The van der Waals surface area contributed by atoms with Gasteiger partial charge in [-0.1, -0.05) is 0 Å². The minimum absolute atomic E-state index is 0.157. The molecule has 0 saturated heterocycles. The van der Waals surface area contributed by atoms with Crippen LogP contribution in [0.4, 0.5) is 0 Å². The summed E-state index contributed by atoms with van der Waals surface area (Å²) in [6.45, 7) is 4.29. The van der Waals surface area contributed by atoms with Crippen LogP contribution in [0.2, 0.25) is 0 Å². The molecule has 78 valence electrons. The molecule has 4 heteroatoms. The number of ether oxygens (including phenoxy) is 1. The minimum atomic E-state index is -1.04. The number of nitrogens with two attached hydrogens (primary N) is 1. The molecular weight excluding hydrogens is 180 g/mol. The van der Waals surface area contributed by atoms with Gasteiger partial charge in [-0.2, -0.15) is 0 Å². The molecule has 0 aliphatic rings. The molecule has 0 aliphatic carbocycles. The highest BCUT2D eigenvalue weighted by atomic mass is 16.5. The number of aliphatic hydroxyl groups is 1. The summed E-state index contributed by atoms with van der Waals surface area (Å²) in [7, 11) is 0. The van der Waals surface area contributed by atoms with Crippen LogP contribution in [0.3, 0.4) is 0 Å². The Morgan fingerprint density at radius 2 is 2.29 bits per heavy atom. The minimum Gasteiger partial charge on any atom is -0.492 e. The van der Waals surface area contributed by atoms with Gasteiger partial charge in [0.2, 0.25) is 0 Å². The molecule has 14 heavy (non-hydrogen) atoms. The molecule has 0 saturated carbocycles. The summed E-state index contributed by atoms with van der Waals surface area (Å²) >= 11 is 0. The van der Waals surface area contributed by atoms with E-state index in [4.69, 9.17) is 10.5 Å². The Hall–Kier alpha value is -1.13. The Bertz CT molecular complexity index is 300. The normalized spacial score (nSPS) is 14.9. The van der Waals surface area contributed by atoms with Gasteiger partial charge in [0.25, 0.3) is 0 Å². The molecule has 1 aromatic rings. The quantitative estimate of drug-likeness (QED) is 0.741. The zero-order chi connectivity index (χ0) is 10.6. The van der Waals surface area contributed by atoms with E-state index in [0.717, 1.165) is 0 Å². The first-order chi connectivity index (χ1) is 6.60. The van der Waals surface area contributed by atoms with Gasteiger partial charge >= 0.3 is 0 Å². The van der Waals surface area contributed by atoms with Crippen molar-refractivity contribution in [1.82, 2.24) is 4.98 Å². The lowest BCUT2D eigenvalue weighted by molar-refractivity contribution is 0.0661. The predicted molar refractivity (Wildman–Crippen MR) is 54.0 cm³/mol. The maximum Gasteiger partial charge on any atom is 0.137 e. The van der Waals surface area contributed by atoms with Crippen molar-refractivity contribution in [3.63, 3.8) is 0 Å². The highest BCUT2D eigenvalue weighted by Crippen LogP contribution is 2.21. The van der Waals surface area contributed by atoms with Gasteiger partial charge in [-0.15, -0.1) is 0 Å². The Morgan fingerprint density at radius 1 is 1.57 bits per heavy atom. The number of nitrogens with zero attached hydrogens (tertiary/aromatic N) is 1. The van der Waals surface area contributed by atoms with Crippen LogP contribution in [0.25, 0.3) is 0 Å². The summed E-state index contributed by atoms with van der Waals surface area (Å²) in [6, 6.07) is 1.75. The van der Waals surface area contributed by atoms with Gasteiger partial charge in [-0.3, -0.25) is 4.98 Å². The fourth-order valence-electron chi connectivity index (χ4n) is 1.08. The third-order valence-corrected chi connectivity index (χ3v) is 2.04. The monoisotopic (exact) mass is 196 g/mol. The van der Waals surface area contributed by atoms with Gasteiger partial charge in [0.05, 0.1) is 12.8 Å². The van der Waals surface area contributed by atoms with Crippen molar-refractivity contribution < 1.29 is 9.84 Å². The predicted octanol–water partition coefficient (Wildman–Crippen LogP) is 0.646. The SMILES string of the molecule is CCOc1cncc(C(C)(O)CN)c1. The lowest BCUT2D eigenvalue weighted by Gasteiger charge is -2.21. The zero-order valence-electron chi connectivity index (χ0n) is 8.53. The van der Waals surface area contributed by atoms with Crippen molar-refractivity contribution in [1.29, 1.82) is 0 Å². The van der Waals surface area contributed by atoms with Crippen LogP contribution in [-0.4, -0.2) is 23.2 Å². The van der Waals surface area contributed by atoms with Crippen molar-refractivity contribution in [3.05, 3.63) is 24.0 Å². The van der Waals surface area contributed by atoms with E-state index in [1.807, 2.05) is 6.92 Å². The third-order valence-electron chi connectivity index (χ3n) is 2.04. The first-order valence-electron chi connectivity index (χ1n) is 4.61. The molecule has 0 radical (unpaired) electrons. The lowest BCUT2D eigenvalue weighted by Crippen LogP contribution is -2.31. The van der Waals surface area contributed by atoms with Gasteiger partial charge in [-0.25, -0.2) is 0 Å². The molecular formula is C10H16N2O2. The van der Waals surface area contributed by atoms with E-state index < -0.39 is 5.60 Å². The second kappa shape index (κ2) is 4.39. The van der Waals surface area contributed by atoms with E-state index in [0.29, 0.717) is 17.9 Å². The van der Waals surface area contributed by atoms with Gasteiger partial charge in [0.1, 0.15) is 11.4 Å². The van der Waals surface area contributed by atoms with Crippen LogP contribution in [-0.2, 0) is 5.60 Å². The largest absolute Gasteiger partial charge is 0.492 e. The Labute approximate surface area is 83.7 Å². The number of hydrogen-bond acceptors (Lipinski definition) is 4. The van der Waals surface area contributed by atoms with Crippen LogP contribution < -0.4 is 10.5 Å². The van der Waals surface area contributed by atoms with Crippen molar-refractivity contribution >= 4 is 0 Å². The second-order valence-corrected chi connectivity index (χ2v) is 3.32. The molecule has 1 unspecified atom stereocenters. The van der Waals surface area contributed by atoms with Crippen LogP contribution in [0.5, 0.6) is 5.75 Å². The molecule has 3 N–H and O–H groups in total. The first-order valence-corrected chi connectivity index (χ1v) is 4.61. The molecule has 1 rings (SSSR count). The average molecular weight is 196 g/mol. The lowest BCUT2D eigenvalue weighted by atomic mass is 9.98. The Kier molecular flexibility index (Phi) is 3.43. The molecule has 0 fully saturated rings. The molecule has 0 aliphatic heterocycles.